The van der Waals surface area contributed by atoms with Gasteiger partial charge in [0.15, 0.2) is 0 Å². The molecule has 7 heteroatoms. The summed E-state index contributed by atoms with van der Waals surface area (Å²) in [6.07, 6.45) is 8.00. The number of hydrogen-bond donors (Lipinski definition) is 0. The minimum Gasteiger partial charge on any atom is -0.307 e. The number of rotatable bonds is 5. The molecule has 246 valence electrons. The molecule has 0 saturated heterocycles. The summed E-state index contributed by atoms with van der Waals surface area (Å²) in [4.78, 5) is 13.9. The van der Waals surface area contributed by atoms with E-state index in [2.05, 4.69) is 130 Å². The van der Waals surface area contributed by atoms with E-state index in [9.17, 15) is 10.5 Å². The Kier molecular flexibility index (Phi) is 7.17. The van der Waals surface area contributed by atoms with Gasteiger partial charge in [-0.25, -0.2) is 4.98 Å². The van der Waals surface area contributed by atoms with Crippen molar-refractivity contribution in [3.8, 4) is 46.0 Å². The zero-order chi connectivity index (χ0) is 35.5. The smallest absolute Gasteiger partial charge is 0.137 e. The lowest BCUT2D eigenvalue weighted by atomic mass is 9.97. The summed E-state index contributed by atoms with van der Waals surface area (Å²) < 4.78 is 4.50. The number of aromatic nitrogens is 5. The van der Waals surface area contributed by atoms with Gasteiger partial charge in [0, 0.05) is 51.4 Å². The lowest BCUT2D eigenvalue weighted by Crippen LogP contribution is -2.01. The zero-order valence-corrected chi connectivity index (χ0v) is 28.9. The van der Waals surface area contributed by atoms with E-state index in [1.54, 1.807) is 12.4 Å². The molecule has 0 saturated carbocycles. The Balaban J connectivity index is 1.22. The Labute approximate surface area is 300 Å². The van der Waals surface area contributed by atoms with Crippen LogP contribution in [0, 0.1) is 36.5 Å². The molecule has 0 amide bonds. The van der Waals surface area contributed by atoms with Crippen LogP contribution in [0.2, 0.25) is 0 Å². The minimum atomic E-state index is 0.537. The molecular weight excluding hydrogens is 639 g/mol. The van der Waals surface area contributed by atoms with Crippen molar-refractivity contribution in [3.05, 3.63) is 150 Å². The molecule has 0 atom stereocenters. The van der Waals surface area contributed by atoms with Crippen molar-refractivity contribution < 1.29 is 0 Å². The van der Waals surface area contributed by atoms with Gasteiger partial charge in [0.1, 0.15) is 18.0 Å². The molecule has 0 radical (unpaired) electrons. The van der Waals surface area contributed by atoms with E-state index >= 15 is 0 Å². The van der Waals surface area contributed by atoms with E-state index in [1.165, 1.54) is 5.56 Å². The van der Waals surface area contributed by atoms with Gasteiger partial charge in [-0.15, -0.1) is 0 Å². The maximum absolute atomic E-state index is 9.37. The lowest BCUT2D eigenvalue weighted by Gasteiger charge is -2.17. The lowest BCUT2D eigenvalue weighted by molar-refractivity contribution is 1.07. The second-order valence-electron chi connectivity index (χ2n) is 13.2. The normalized spacial score (nSPS) is 11.4. The quantitative estimate of drug-likeness (QED) is 0.182. The summed E-state index contributed by atoms with van der Waals surface area (Å²) >= 11 is 0. The molecule has 52 heavy (non-hydrogen) atoms. The number of fused-ring (bicyclic) bond motifs is 6. The van der Waals surface area contributed by atoms with Gasteiger partial charge in [-0.1, -0.05) is 37.3 Å². The fourth-order valence-electron chi connectivity index (χ4n) is 7.69. The van der Waals surface area contributed by atoms with Crippen molar-refractivity contribution >= 4 is 43.6 Å². The van der Waals surface area contributed by atoms with Gasteiger partial charge in [0.2, 0.25) is 0 Å². The number of aryl methyl sites for hydroxylation is 2. The van der Waals surface area contributed by atoms with Crippen molar-refractivity contribution in [2.24, 2.45) is 0 Å². The van der Waals surface area contributed by atoms with Crippen LogP contribution in [0.4, 0.5) is 0 Å². The van der Waals surface area contributed by atoms with Crippen molar-refractivity contribution in [1.82, 2.24) is 24.1 Å². The van der Waals surface area contributed by atoms with E-state index in [4.69, 9.17) is 0 Å². The van der Waals surface area contributed by atoms with Crippen LogP contribution in [0.1, 0.15) is 34.7 Å². The van der Waals surface area contributed by atoms with Crippen LogP contribution >= 0.6 is 0 Å². The van der Waals surface area contributed by atoms with Crippen molar-refractivity contribution in [2.75, 3.05) is 0 Å². The third-order valence-corrected chi connectivity index (χ3v) is 10.3. The number of benzene rings is 4. The number of nitriles is 2. The highest BCUT2D eigenvalue weighted by Gasteiger charge is 2.19. The Hall–Kier alpha value is -7.09. The Morgan fingerprint density at radius 1 is 0.596 bits per heavy atom. The Morgan fingerprint density at radius 3 is 1.94 bits per heavy atom. The molecular formula is C45H31N7. The SMILES string of the molecule is CCc1ccc2c3cc(-c4ccc5c(c4)c4ccncc4n5-c4ccc(C)c(-c5ccc(C#N)cn5)c4C)ccc3n(-c3ccc(C#N)cn3)c2c1. The molecule has 0 aliphatic carbocycles. The van der Waals surface area contributed by atoms with E-state index in [0.29, 0.717) is 11.1 Å². The summed E-state index contributed by atoms with van der Waals surface area (Å²) in [5.41, 5.74) is 14.0. The topological polar surface area (TPSA) is 96.1 Å². The van der Waals surface area contributed by atoms with Crippen LogP contribution < -0.4 is 0 Å². The molecule has 0 aliphatic heterocycles. The van der Waals surface area contributed by atoms with Gasteiger partial charge in [0.25, 0.3) is 0 Å². The predicted octanol–water partition coefficient (Wildman–Crippen LogP) is 10.3. The van der Waals surface area contributed by atoms with Gasteiger partial charge in [-0.2, -0.15) is 10.5 Å². The first kappa shape index (κ1) is 30.9. The van der Waals surface area contributed by atoms with Crippen LogP contribution in [0.5, 0.6) is 0 Å². The van der Waals surface area contributed by atoms with Crippen molar-refractivity contribution in [2.45, 2.75) is 27.2 Å². The highest BCUT2D eigenvalue weighted by Crippen LogP contribution is 2.40. The monoisotopic (exact) mass is 669 g/mol. The fraction of sp³-hybridized carbons (Fsp3) is 0.0889. The maximum atomic E-state index is 9.37. The van der Waals surface area contributed by atoms with Crippen molar-refractivity contribution in [3.63, 3.8) is 0 Å². The summed E-state index contributed by atoms with van der Waals surface area (Å²) in [7, 11) is 0. The maximum Gasteiger partial charge on any atom is 0.137 e. The van der Waals surface area contributed by atoms with E-state index in [-0.39, 0.29) is 0 Å². The summed E-state index contributed by atoms with van der Waals surface area (Å²) in [6, 6.07) is 38.3. The summed E-state index contributed by atoms with van der Waals surface area (Å²) in [6.45, 7) is 6.41. The van der Waals surface area contributed by atoms with Crippen LogP contribution in [-0.2, 0) is 6.42 Å². The van der Waals surface area contributed by atoms with Crippen molar-refractivity contribution in [1.29, 1.82) is 10.5 Å². The predicted molar refractivity (Wildman–Crippen MR) is 208 cm³/mol. The molecule has 7 nitrogen and oxygen atoms in total. The molecule has 5 heterocycles. The largest absolute Gasteiger partial charge is 0.307 e. The van der Waals surface area contributed by atoms with Gasteiger partial charge in [-0.05, 0) is 115 Å². The minimum absolute atomic E-state index is 0.537. The molecule has 0 unspecified atom stereocenters. The third kappa shape index (κ3) is 4.75. The molecule has 9 rings (SSSR count). The van der Waals surface area contributed by atoms with Gasteiger partial charge >= 0.3 is 0 Å². The van der Waals surface area contributed by atoms with Gasteiger partial charge in [0.05, 0.1) is 45.1 Å². The molecule has 5 aromatic heterocycles. The zero-order valence-electron chi connectivity index (χ0n) is 28.9. The number of hydrogen-bond acceptors (Lipinski definition) is 5. The van der Waals surface area contributed by atoms with E-state index in [0.717, 1.165) is 95.0 Å². The molecule has 0 N–H and O–H groups in total. The van der Waals surface area contributed by atoms with Crippen LogP contribution in [0.25, 0.3) is 77.5 Å². The molecule has 0 bridgehead atoms. The molecule has 9 aromatic rings. The highest BCUT2D eigenvalue weighted by molar-refractivity contribution is 6.12. The molecule has 0 aliphatic rings. The second-order valence-corrected chi connectivity index (χ2v) is 13.2. The second kappa shape index (κ2) is 12.1. The van der Waals surface area contributed by atoms with E-state index < -0.39 is 0 Å². The molecule has 0 fully saturated rings. The van der Waals surface area contributed by atoms with Crippen LogP contribution in [-0.4, -0.2) is 24.1 Å². The first-order valence-electron chi connectivity index (χ1n) is 17.3. The first-order valence-corrected chi connectivity index (χ1v) is 17.3. The van der Waals surface area contributed by atoms with Gasteiger partial charge < -0.3 is 4.57 Å². The fourth-order valence-corrected chi connectivity index (χ4v) is 7.69. The Morgan fingerprint density at radius 2 is 1.29 bits per heavy atom. The molecule has 0 spiro atoms. The standard InChI is InChI=1S/C45H31N7/c1-4-29-6-11-34-36-20-33(10-15-41(36)52(42(34)19-29)44-16-8-31(23-47)25-50-44)32-9-14-40-37(21-32)35-17-18-48-26-43(35)51(40)39-13-5-27(2)45(28(39)3)38-12-7-30(22-46)24-49-38/h5-21,24-26H,4H2,1-3H3. The number of pyridine rings is 3. The molecule has 4 aromatic carbocycles. The average molecular weight is 670 g/mol. The average Bonchev–Trinajstić information content (AvgIpc) is 3.70. The van der Waals surface area contributed by atoms with E-state index in [1.807, 2.05) is 36.7 Å². The number of nitrogens with zero attached hydrogens (tertiary/aromatic N) is 7. The van der Waals surface area contributed by atoms with Crippen LogP contribution in [0.3, 0.4) is 0 Å². The Bertz CT molecular complexity index is 2970. The third-order valence-electron chi connectivity index (χ3n) is 10.3. The van der Waals surface area contributed by atoms with Gasteiger partial charge in [-0.3, -0.25) is 14.5 Å². The highest BCUT2D eigenvalue weighted by atomic mass is 15.1. The van der Waals surface area contributed by atoms with Crippen LogP contribution in [0.15, 0.2) is 122 Å². The summed E-state index contributed by atoms with van der Waals surface area (Å²) in [5, 5.41) is 23.3. The summed E-state index contributed by atoms with van der Waals surface area (Å²) in [5.74, 6) is 0.785. The first-order chi connectivity index (χ1) is 25.5.